The third-order valence-electron chi connectivity index (χ3n) is 1.68. The van der Waals surface area contributed by atoms with E-state index in [-0.39, 0.29) is 0 Å². The van der Waals surface area contributed by atoms with E-state index in [1.165, 1.54) is 0 Å². The highest BCUT2D eigenvalue weighted by molar-refractivity contribution is 7.86. The van der Waals surface area contributed by atoms with E-state index < -0.39 is 39.6 Å². The molecule has 0 amide bonds. The Morgan fingerprint density at radius 2 is 1.80 bits per heavy atom. The van der Waals surface area contributed by atoms with Crippen molar-refractivity contribution < 1.29 is 32.8 Å². The SMILES string of the molecule is C=CC(C(CC(=O)O)C(=O)O)S(=O)(=O)O. The van der Waals surface area contributed by atoms with Gasteiger partial charge in [-0.25, -0.2) is 0 Å². The first kappa shape index (κ1) is 13.6. The van der Waals surface area contributed by atoms with Gasteiger partial charge in [0.15, 0.2) is 0 Å². The van der Waals surface area contributed by atoms with E-state index in [1.54, 1.807) is 0 Å². The summed E-state index contributed by atoms with van der Waals surface area (Å²) < 4.78 is 30.1. The molecule has 86 valence electrons. The van der Waals surface area contributed by atoms with Crippen LogP contribution in [0.3, 0.4) is 0 Å². The fourth-order valence-corrected chi connectivity index (χ4v) is 1.90. The molecule has 0 aliphatic heterocycles. The van der Waals surface area contributed by atoms with Crippen molar-refractivity contribution in [3.63, 3.8) is 0 Å². The maximum absolute atomic E-state index is 10.7. The molecule has 0 fully saturated rings. The molecular weight excluding hydrogens is 228 g/mol. The van der Waals surface area contributed by atoms with E-state index in [1.807, 2.05) is 0 Å². The topological polar surface area (TPSA) is 129 Å². The second-order valence-corrected chi connectivity index (χ2v) is 4.33. The molecule has 3 N–H and O–H groups in total. The number of hydrogen-bond donors (Lipinski definition) is 3. The first-order chi connectivity index (χ1) is 6.70. The van der Waals surface area contributed by atoms with Crippen LogP contribution in [0.2, 0.25) is 0 Å². The molecule has 8 heteroatoms. The normalized spacial score (nSPS) is 15.3. The lowest BCUT2D eigenvalue weighted by Crippen LogP contribution is -2.34. The molecule has 0 heterocycles. The molecule has 0 aromatic carbocycles. The van der Waals surface area contributed by atoms with Crippen molar-refractivity contribution in [2.75, 3.05) is 0 Å². The zero-order valence-electron chi connectivity index (χ0n) is 7.53. The molecule has 0 bridgehead atoms. The van der Waals surface area contributed by atoms with Crippen LogP contribution < -0.4 is 0 Å². The van der Waals surface area contributed by atoms with Crippen LogP contribution in [0, 0.1) is 5.92 Å². The van der Waals surface area contributed by atoms with Crippen LogP contribution in [-0.4, -0.2) is 40.4 Å². The number of hydrogen-bond acceptors (Lipinski definition) is 4. The van der Waals surface area contributed by atoms with Gasteiger partial charge in [-0.15, -0.1) is 6.58 Å². The highest BCUT2D eigenvalue weighted by Gasteiger charge is 2.36. The first-order valence-electron chi connectivity index (χ1n) is 3.73. The molecule has 0 aliphatic rings. The second-order valence-electron chi connectivity index (χ2n) is 2.76. The average Bonchev–Trinajstić information content (AvgIpc) is 2.00. The Kier molecular flexibility index (Phi) is 4.43. The predicted molar refractivity (Wildman–Crippen MR) is 48.9 cm³/mol. The van der Waals surface area contributed by atoms with Gasteiger partial charge in [0.05, 0.1) is 12.3 Å². The molecule has 0 rings (SSSR count). The van der Waals surface area contributed by atoms with Crippen LogP contribution in [0.15, 0.2) is 12.7 Å². The maximum Gasteiger partial charge on any atom is 0.308 e. The molecule has 0 aliphatic carbocycles. The number of carbonyl (C=O) groups is 2. The van der Waals surface area contributed by atoms with Gasteiger partial charge in [-0.2, -0.15) is 8.42 Å². The van der Waals surface area contributed by atoms with Crippen LogP contribution in [-0.2, 0) is 19.7 Å². The van der Waals surface area contributed by atoms with Crippen molar-refractivity contribution in [1.29, 1.82) is 0 Å². The fourth-order valence-electron chi connectivity index (χ4n) is 1.03. The molecule has 0 saturated heterocycles. The minimum Gasteiger partial charge on any atom is -0.481 e. The van der Waals surface area contributed by atoms with Gasteiger partial charge in [0, 0.05) is 0 Å². The molecular formula is C7H10O7S. The largest absolute Gasteiger partial charge is 0.481 e. The zero-order chi connectivity index (χ0) is 12.2. The fraction of sp³-hybridized carbons (Fsp3) is 0.429. The van der Waals surface area contributed by atoms with Gasteiger partial charge in [0.2, 0.25) is 0 Å². The lowest BCUT2D eigenvalue weighted by atomic mass is 10.0. The molecule has 0 aromatic heterocycles. The van der Waals surface area contributed by atoms with Crippen molar-refractivity contribution in [2.45, 2.75) is 11.7 Å². The van der Waals surface area contributed by atoms with Crippen LogP contribution in [0.1, 0.15) is 6.42 Å². The van der Waals surface area contributed by atoms with E-state index in [9.17, 15) is 18.0 Å². The highest BCUT2D eigenvalue weighted by atomic mass is 32.2. The van der Waals surface area contributed by atoms with E-state index in [0.717, 1.165) is 0 Å². The van der Waals surface area contributed by atoms with Crippen LogP contribution in [0.25, 0.3) is 0 Å². The number of carboxylic acids is 2. The molecule has 0 spiro atoms. The molecule has 7 nitrogen and oxygen atoms in total. The molecule has 0 aromatic rings. The lowest BCUT2D eigenvalue weighted by Gasteiger charge is -2.15. The van der Waals surface area contributed by atoms with Gasteiger partial charge in [0.25, 0.3) is 10.1 Å². The summed E-state index contributed by atoms with van der Waals surface area (Å²) in [4.78, 5) is 20.9. The van der Waals surface area contributed by atoms with E-state index in [0.29, 0.717) is 6.08 Å². The predicted octanol–water partition coefficient (Wildman–Crippen LogP) is -0.396. The van der Waals surface area contributed by atoms with Crippen molar-refractivity contribution >= 4 is 22.1 Å². The summed E-state index contributed by atoms with van der Waals surface area (Å²) in [6.07, 6.45) is -0.219. The molecule has 0 radical (unpaired) electrons. The Morgan fingerprint density at radius 1 is 1.33 bits per heavy atom. The van der Waals surface area contributed by atoms with E-state index in [4.69, 9.17) is 14.8 Å². The Balaban J connectivity index is 5.13. The van der Waals surface area contributed by atoms with Crippen molar-refractivity contribution in [1.82, 2.24) is 0 Å². The summed E-state index contributed by atoms with van der Waals surface area (Å²) in [7, 11) is -4.67. The van der Waals surface area contributed by atoms with E-state index in [2.05, 4.69) is 6.58 Å². The number of rotatable bonds is 6. The highest BCUT2D eigenvalue weighted by Crippen LogP contribution is 2.17. The summed E-state index contributed by atoms with van der Waals surface area (Å²) in [5.74, 6) is -4.85. The second kappa shape index (κ2) is 4.89. The van der Waals surface area contributed by atoms with Crippen LogP contribution in [0.5, 0.6) is 0 Å². The molecule has 2 atom stereocenters. The summed E-state index contributed by atoms with van der Waals surface area (Å²) in [6, 6.07) is 0. The quantitative estimate of drug-likeness (QED) is 0.424. The monoisotopic (exact) mass is 238 g/mol. The first-order valence-corrected chi connectivity index (χ1v) is 5.24. The third kappa shape index (κ3) is 4.09. The summed E-state index contributed by atoms with van der Waals surface area (Å²) in [6.45, 7) is 3.04. The summed E-state index contributed by atoms with van der Waals surface area (Å²) >= 11 is 0. The molecule has 15 heavy (non-hydrogen) atoms. The van der Waals surface area contributed by atoms with Gasteiger partial charge in [-0.3, -0.25) is 14.1 Å². The van der Waals surface area contributed by atoms with Gasteiger partial charge >= 0.3 is 11.9 Å². The number of carboxylic acid groups (broad SMARTS) is 2. The smallest absolute Gasteiger partial charge is 0.308 e. The average molecular weight is 238 g/mol. The summed E-state index contributed by atoms with van der Waals surface area (Å²) in [5, 5.41) is 15.1. The van der Waals surface area contributed by atoms with Gasteiger partial charge in [-0.05, 0) is 0 Å². The van der Waals surface area contributed by atoms with Crippen LogP contribution >= 0.6 is 0 Å². The molecule has 2 unspecified atom stereocenters. The Morgan fingerprint density at radius 3 is 2.00 bits per heavy atom. The van der Waals surface area contributed by atoms with Crippen molar-refractivity contribution in [3.8, 4) is 0 Å². The number of aliphatic carboxylic acids is 2. The minimum atomic E-state index is -4.67. The van der Waals surface area contributed by atoms with Crippen molar-refractivity contribution in [3.05, 3.63) is 12.7 Å². The third-order valence-corrected chi connectivity index (χ3v) is 2.89. The van der Waals surface area contributed by atoms with Crippen molar-refractivity contribution in [2.24, 2.45) is 5.92 Å². The standard InChI is InChI=1S/C7H10O7S/c1-2-5(15(12,13)14)4(7(10)11)3-6(8)9/h2,4-5H,1,3H2,(H,8,9)(H,10,11)(H,12,13,14). The van der Waals surface area contributed by atoms with Crippen LogP contribution in [0.4, 0.5) is 0 Å². The lowest BCUT2D eigenvalue weighted by molar-refractivity contribution is -0.148. The summed E-state index contributed by atoms with van der Waals surface area (Å²) in [5.41, 5.74) is 0. The Hall–Kier alpha value is -1.41. The minimum absolute atomic E-state index is 0.692. The Labute approximate surface area is 85.8 Å². The van der Waals surface area contributed by atoms with Gasteiger partial charge in [0.1, 0.15) is 5.25 Å². The Bertz CT molecular complexity index is 369. The molecule has 0 saturated carbocycles. The maximum atomic E-state index is 10.7. The van der Waals surface area contributed by atoms with Gasteiger partial charge < -0.3 is 10.2 Å². The van der Waals surface area contributed by atoms with Gasteiger partial charge in [-0.1, -0.05) is 6.08 Å². The van der Waals surface area contributed by atoms with E-state index >= 15 is 0 Å². The zero-order valence-corrected chi connectivity index (χ0v) is 8.35.